The van der Waals surface area contributed by atoms with Gasteiger partial charge in [-0.3, -0.25) is 13.9 Å². The number of nitrogens with one attached hydrogen (secondary N) is 1. The second-order valence-electron chi connectivity index (χ2n) is 8.98. The topological polar surface area (TPSA) is 96.0 Å². The Kier molecular flexibility index (Phi) is 11.7. The highest BCUT2D eigenvalue weighted by Crippen LogP contribution is 2.30. The quantitative estimate of drug-likeness (QED) is 0.370. The number of hydrogen-bond acceptors (Lipinski definition) is 5. The summed E-state index contributed by atoms with van der Waals surface area (Å²) >= 11 is 6.01. The molecular formula is C27H38ClN3O5S. The number of hydrogen-bond donors (Lipinski definition) is 1. The molecule has 0 aliphatic heterocycles. The standard InChI is InChI=1S/C27H38ClN3O5S/c1-6-20(3)29-27(33)21(4)30(19-22-14-16-23(28)17-15-22)26(32)13-10-18-31(37(5,34)35)24-11-8-9-12-25(24)36-7-2/h8-9,11-12,14-17,20-21H,6-7,10,13,18-19H2,1-5H3,(H,29,33)/t20-,21-/m0/s1. The molecule has 2 aromatic rings. The van der Waals surface area contributed by atoms with Crippen molar-refractivity contribution in [2.75, 3.05) is 23.7 Å². The van der Waals surface area contributed by atoms with Crippen LogP contribution in [0.15, 0.2) is 48.5 Å². The summed E-state index contributed by atoms with van der Waals surface area (Å²) in [6.45, 7) is 8.13. The van der Waals surface area contributed by atoms with Crippen LogP contribution in [0, 0.1) is 0 Å². The van der Waals surface area contributed by atoms with E-state index < -0.39 is 16.1 Å². The van der Waals surface area contributed by atoms with Crippen LogP contribution in [0.4, 0.5) is 5.69 Å². The van der Waals surface area contributed by atoms with E-state index >= 15 is 0 Å². The van der Waals surface area contributed by atoms with Crippen molar-refractivity contribution in [1.29, 1.82) is 0 Å². The molecule has 0 aromatic heterocycles. The van der Waals surface area contributed by atoms with Gasteiger partial charge in [-0.2, -0.15) is 0 Å². The van der Waals surface area contributed by atoms with Crippen molar-refractivity contribution in [3.05, 3.63) is 59.1 Å². The van der Waals surface area contributed by atoms with Crippen LogP contribution >= 0.6 is 11.6 Å². The van der Waals surface area contributed by atoms with Crippen LogP contribution in [0.25, 0.3) is 0 Å². The lowest BCUT2D eigenvalue weighted by molar-refractivity contribution is -0.140. The SMILES string of the molecule is CCOc1ccccc1N(CCCC(=O)N(Cc1ccc(Cl)cc1)[C@@H](C)C(=O)N[C@@H](C)CC)S(C)(=O)=O. The van der Waals surface area contributed by atoms with Crippen LogP contribution in [-0.4, -0.2) is 56.6 Å². The summed E-state index contributed by atoms with van der Waals surface area (Å²) in [5.74, 6) is -0.0187. The van der Waals surface area contributed by atoms with Crippen LogP contribution in [0.5, 0.6) is 5.75 Å². The highest BCUT2D eigenvalue weighted by Gasteiger charge is 2.27. The third-order valence-electron chi connectivity index (χ3n) is 6.02. The summed E-state index contributed by atoms with van der Waals surface area (Å²) in [5, 5.41) is 3.52. The maximum Gasteiger partial charge on any atom is 0.242 e. The minimum Gasteiger partial charge on any atom is -0.492 e. The molecule has 0 saturated heterocycles. The Balaban J connectivity index is 2.20. The van der Waals surface area contributed by atoms with E-state index in [1.165, 1.54) is 9.21 Å². The molecule has 0 bridgehead atoms. The van der Waals surface area contributed by atoms with Gasteiger partial charge in [0.1, 0.15) is 11.8 Å². The van der Waals surface area contributed by atoms with Gasteiger partial charge in [-0.15, -0.1) is 0 Å². The van der Waals surface area contributed by atoms with Crippen molar-refractivity contribution in [1.82, 2.24) is 10.2 Å². The Bertz CT molecular complexity index is 1140. The molecule has 0 aliphatic rings. The van der Waals surface area contributed by atoms with E-state index in [0.717, 1.165) is 18.2 Å². The predicted molar refractivity (Wildman–Crippen MR) is 148 cm³/mol. The molecule has 2 rings (SSSR count). The first kappa shape index (κ1) is 30.4. The number of carbonyl (C=O) groups is 2. The fourth-order valence-electron chi connectivity index (χ4n) is 3.76. The Morgan fingerprint density at radius 2 is 1.70 bits per heavy atom. The van der Waals surface area contributed by atoms with E-state index in [4.69, 9.17) is 16.3 Å². The number of anilines is 1. The number of nitrogens with zero attached hydrogens (tertiary/aromatic N) is 2. The fourth-order valence-corrected chi connectivity index (χ4v) is 4.85. The summed E-state index contributed by atoms with van der Waals surface area (Å²) in [4.78, 5) is 27.8. The van der Waals surface area contributed by atoms with Gasteiger partial charge in [0, 0.05) is 30.6 Å². The normalized spacial score (nSPS) is 12.9. The zero-order chi connectivity index (χ0) is 27.6. The van der Waals surface area contributed by atoms with E-state index in [-0.39, 0.29) is 43.8 Å². The lowest BCUT2D eigenvalue weighted by Crippen LogP contribution is -2.49. The molecule has 2 amide bonds. The van der Waals surface area contributed by atoms with Gasteiger partial charge < -0.3 is 15.0 Å². The third-order valence-corrected chi connectivity index (χ3v) is 7.45. The molecule has 204 valence electrons. The van der Waals surface area contributed by atoms with E-state index in [1.54, 1.807) is 43.3 Å². The maximum atomic E-state index is 13.4. The summed E-state index contributed by atoms with van der Waals surface area (Å²) in [6.07, 6.45) is 2.24. The third kappa shape index (κ3) is 9.23. The number of halogens is 1. The molecule has 8 nitrogen and oxygen atoms in total. The molecule has 0 spiro atoms. The van der Waals surface area contributed by atoms with Crippen LogP contribution in [0.3, 0.4) is 0 Å². The highest BCUT2D eigenvalue weighted by molar-refractivity contribution is 7.92. The zero-order valence-electron chi connectivity index (χ0n) is 22.2. The summed E-state index contributed by atoms with van der Waals surface area (Å²) < 4.78 is 32.1. The average molecular weight is 552 g/mol. The summed E-state index contributed by atoms with van der Waals surface area (Å²) in [7, 11) is -3.62. The van der Waals surface area contributed by atoms with Gasteiger partial charge in [0.15, 0.2) is 0 Å². The fraction of sp³-hybridized carbons (Fsp3) is 0.481. The maximum absolute atomic E-state index is 13.4. The Morgan fingerprint density at radius 3 is 2.30 bits per heavy atom. The number of rotatable bonds is 14. The van der Waals surface area contributed by atoms with Gasteiger partial charge in [-0.1, -0.05) is 42.8 Å². The molecule has 0 saturated carbocycles. The monoisotopic (exact) mass is 551 g/mol. The highest BCUT2D eigenvalue weighted by atomic mass is 35.5. The lowest BCUT2D eigenvalue weighted by atomic mass is 10.1. The van der Waals surface area contributed by atoms with Gasteiger partial charge in [0.05, 0.1) is 18.6 Å². The van der Waals surface area contributed by atoms with Gasteiger partial charge >= 0.3 is 0 Å². The largest absolute Gasteiger partial charge is 0.492 e. The van der Waals surface area contributed by atoms with Crippen molar-refractivity contribution in [3.63, 3.8) is 0 Å². The van der Waals surface area contributed by atoms with Crippen molar-refractivity contribution in [3.8, 4) is 5.75 Å². The molecular weight excluding hydrogens is 514 g/mol. The number of sulfonamides is 1. The second kappa shape index (κ2) is 14.2. The van der Waals surface area contributed by atoms with E-state index in [2.05, 4.69) is 5.32 Å². The molecule has 37 heavy (non-hydrogen) atoms. The molecule has 10 heteroatoms. The molecule has 2 atom stereocenters. The first-order valence-electron chi connectivity index (χ1n) is 12.5. The van der Waals surface area contributed by atoms with E-state index in [9.17, 15) is 18.0 Å². The first-order valence-corrected chi connectivity index (χ1v) is 14.7. The van der Waals surface area contributed by atoms with Crippen LogP contribution in [-0.2, 0) is 26.2 Å². The molecule has 0 unspecified atom stereocenters. The number of carbonyl (C=O) groups excluding carboxylic acids is 2. The minimum atomic E-state index is -3.62. The van der Waals surface area contributed by atoms with E-state index in [1.807, 2.05) is 32.9 Å². The zero-order valence-corrected chi connectivity index (χ0v) is 23.8. The van der Waals surface area contributed by atoms with Gasteiger partial charge in [-0.05, 0) is 63.4 Å². The molecule has 0 aliphatic carbocycles. The smallest absolute Gasteiger partial charge is 0.242 e. The van der Waals surface area contributed by atoms with Gasteiger partial charge in [0.2, 0.25) is 21.8 Å². The first-order chi connectivity index (χ1) is 17.5. The van der Waals surface area contributed by atoms with Crippen LogP contribution in [0.1, 0.15) is 52.5 Å². The molecule has 0 fully saturated rings. The number of para-hydroxylation sites is 2. The van der Waals surface area contributed by atoms with Crippen molar-refractivity contribution in [2.24, 2.45) is 0 Å². The Hall–Kier alpha value is -2.78. The van der Waals surface area contributed by atoms with Crippen molar-refractivity contribution >= 4 is 39.1 Å². The Labute approximate surface area is 226 Å². The van der Waals surface area contributed by atoms with E-state index in [0.29, 0.717) is 23.1 Å². The van der Waals surface area contributed by atoms with Crippen molar-refractivity contribution < 1.29 is 22.7 Å². The number of benzene rings is 2. The average Bonchev–Trinajstić information content (AvgIpc) is 2.85. The molecule has 0 heterocycles. The lowest BCUT2D eigenvalue weighted by Gasteiger charge is -2.30. The number of amides is 2. The minimum absolute atomic E-state index is 0.0174. The Morgan fingerprint density at radius 1 is 1.05 bits per heavy atom. The van der Waals surface area contributed by atoms with Gasteiger partial charge in [0.25, 0.3) is 0 Å². The second-order valence-corrected chi connectivity index (χ2v) is 11.3. The molecule has 1 N–H and O–H groups in total. The predicted octanol–water partition coefficient (Wildman–Crippen LogP) is 4.62. The molecule has 0 radical (unpaired) electrons. The van der Waals surface area contributed by atoms with Crippen molar-refractivity contribution in [2.45, 2.75) is 65.6 Å². The molecule has 2 aromatic carbocycles. The van der Waals surface area contributed by atoms with Gasteiger partial charge in [-0.25, -0.2) is 8.42 Å². The summed E-state index contributed by atoms with van der Waals surface area (Å²) in [6, 6.07) is 13.3. The summed E-state index contributed by atoms with van der Waals surface area (Å²) in [5.41, 5.74) is 1.27. The van der Waals surface area contributed by atoms with Crippen LogP contribution < -0.4 is 14.4 Å². The number of ether oxygens (including phenoxy) is 1. The van der Waals surface area contributed by atoms with Crippen LogP contribution in [0.2, 0.25) is 5.02 Å².